The third-order valence-electron chi connectivity index (χ3n) is 4.08. The van der Waals surface area contributed by atoms with Crippen molar-refractivity contribution in [2.45, 2.75) is 45.4 Å². The second-order valence-corrected chi connectivity index (χ2v) is 5.31. The average molecular weight is 208 g/mol. The molecule has 2 fully saturated rings. The quantitative estimate of drug-likeness (QED) is 0.691. The molecule has 0 amide bonds. The maximum atomic E-state index is 7.79. The van der Waals surface area contributed by atoms with E-state index in [2.05, 4.69) is 11.8 Å². The first-order valence-corrected chi connectivity index (χ1v) is 6.58. The fourth-order valence-electron chi connectivity index (χ4n) is 3.23. The SMILES string of the molecule is CCCC(=N)CCN1CC2CCCC2C1. The van der Waals surface area contributed by atoms with Crippen molar-refractivity contribution in [3.05, 3.63) is 0 Å². The Hall–Kier alpha value is -0.370. The van der Waals surface area contributed by atoms with Crippen LogP contribution < -0.4 is 0 Å². The fourth-order valence-corrected chi connectivity index (χ4v) is 3.23. The molecule has 0 radical (unpaired) electrons. The summed E-state index contributed by atoms with van der Waals surface area (Å²) < 4.78 is 0. The van der Waals surface area contributed by atoms with Crippen LogP contribution in [-0.2, 0) is 0 Å². The molecule has 0 bridgehead atoms. The zero-order valence-corrected chi connectivity index (χ0v) is 9.97. The summed E-state index contributed by atoms with van der Waals surface area (Å²) in [6.45, 7) is 5.95. The van der Waals surface area contributed by atoms with E-state index in [1.165, 1.54) is 32.4 Å². The minimum atomic E-state index is 0.953. The molecule has 2 heteroatoms. The van der Waals surface area contributed by atoms with E-state index in [4.69, 9.17) is 5.41 Å². The highest BCUT2D eigenvalue weighted by Crippen LogP contribution is 2.37. The number of hydrogen-bond donors (Lipinski definition) is 1. The van der Waals surface area contributed by atoms with E-state index in [9.17, 15) is 0 Å². The van der Waals surface area contributed by atoms with Gasteiger partial charge in [0.25, 0.3) is 0 Å². The number of likely N-dealkylation sites (tertiary alicyclic amines) is 1. The Morgan fingerprint density at radius 3 is 2.47 bits per heavy atom. The fraction of sp³-hybridized carbons (Fsp3) is 0.923. The van der Waals surface area contributed by atoms with Crippen molar-refractivity contribution in [1.82, 2.24) is 4.90 Å². The summed E-state index contributed by atoms with van der Waals surface area (Å²) in [6, 6.07) is 0. The van der Waals surface area contributed by atoms with E-state index >= 15 is 0 Å². The number of nitrogens with zero attached hydrogens (tertiary/aromatic N) is 1. The summed E-state index contributed by atoms with van der Waals surface area (Å²) in [7, 11) is 0. The molecule has 2 unspecified atom stereocenters. The van der Waals surface area contributed by atoms with Crippen LogP contribution in [0.5, 0.6) is 0 Å². The van der Waals surface area contributed by atoms with Gasteiger partial charge in [-0.05, 0) is 37.5 Å². The van der Waals surface area contributed by atoms with Gasteiger partial charge in [-0.1, -0.05) is 19.8 Å². The number of rotatable bonds is 5. The Morgan fingerprint density at radius 1 is 1.20 bits per heavy atom. The van der Waals surface area contributed by atoms with Crippen LogP contribution in [-0.4, -0.2) is 30.2 Å². The molecule has 2 nitrogen and oxygen atoms in total. The van der Waals surface area contributed by atoms with Crippen molar-refractivity contribution in [1.29, 1.82) is 5.41 Å². The second kappa shape index (κ2) is 5.11. The van der Waals surface area contributed by atoms with Gasteiger partial charge < -0.3 is 10.3 Å². The molecule has 0 aromatic carbocycles. The summed E-state index contributed by atoms with van der Waals surface area (Å²) in [5.74, 6) is 2.01. The Balaban J connectivity index is 1.67. The number of fused-ring (bicyclic) bond motifs is 1. The molecule has 1 saturated heterocycles. The lowest BCUT2D eigenvalue weighted by molar-refractivity contribution is 0.319. The van der Waals surface area contributed by atoms with Gasteiger partial charge in [0.15, 0.2) is 0 Å². The molecule has 1 aliphatic heterocycles. The highest BCUT2D eigenvalue weighted by atomic mass is 15.2. The Bertz CT molecular complexity index is 213. The molecule has 0 spiro atoms. The zero-order valence-electron chi connectivity index (χ0n) is 9.97. The van der Waals surface area contributed by atoms with Gasteiger partial charge in [-0.25, -0.2) is 0 Å². The molecule has 86 valence electrons. The number of hydrogen-bond acceptors (Lipinski definition) is 2. The summed E-state index contributed by atoms with van der Waals surface area (Å²) in [6.07, 6.45) is 7.54. The van der Waals surface area contributed by atoms with E-state index in [-0.39, 0.29) is 0 Å². The minimum absolute atomic E-state index is 0.953. The summed E-state index contributed by atoms with van der Waals surface area (Å²) in [4.78, 5) is 2.60. The molecular weight excluding hydrogens is 184 g/mol. The monoisotopic (exact) mass is 208 g/mol. The van der Waals surface area contributed by atoms with Gasteiger partial charge in [-0.3, -0.25) is 0 Å². The van der Waals surface area contributed by atoms with Gasteiger partial charge in [-0.15, -0.1) is 0 Å². The molecule has 1 heterocycles. The predicted octanol–water partition coefficient (Wildman–Crippen LogP) is 2.93. The smallest absolute Gasteiger partial charge is 0.0102 e. The van der Waals surface area contributed by atoms with Crippen molar-refractivity contribution >= 4 is 5.71 Å². The normalized spacial score (nSPS) is 30.7. The molecule has 1 N–H and O–H groups in total. The molecule has 2 rings (SSSR count). The van der Waals surface area contributed by atoms with Crippen LogP contribution in [0, 0.1) is 17.2 Å². The van der Waals surface area contributed by atoms with E-state index in [1.54, 1.807) is 0 Å². The van der Waals surface area contributed by atoms with E-state index in [0.29, 0.717) is 0 Å². The van der Waals surface area contributed by atoms with Gasteiger partial charge in [0.1, 0.15) is 0 Å². The van der Waals surface area contributed by atoms with Crippen molar-refractivity contribution < 1.29 is 0 Å². The zero-order chi connectivity index (χ0) is 10.7. The van der Waals surface area contributed by atoms with Crippen molar-refractivity contribution in [2.24, 2.45) is 11.8 Å². The van der Waals surface area contributed by atoms with Crippen LogP contribution in [0.25, 0.3) is 0 Å². The third-order valence-corrected chi connectivity index (χ3v) is 4.08. The standard InChI is InChI=1S/C13H24N2/c1-2-4-13(14)7-8-15-9-11-5-3-6-12(11)10-15/h11-12,14H,2-10H2,1H3. The van der Waals surface area contributed by atoms with Crippen molar-refractivity contribution in [3.63, 3.8) is 0 Å². The predicted molar refractivity (Wildman–Crippen MR) is 64.5 cm³/mol. The van der Waals surface area contributed by atoms with Gasteiger partial charge in [0, 0.05) is 25.3 Å². The van der Waals surface area contributed by atoms with Gasteiger partial charge in [0.2, 0.25) is 0 Å². The van der Waals surface area contributed by atoms with Crippen LogP contribution in [0.15, 0.2) is 0 Å². The lowest BCUT2D eigenvalue weighted by atomic mass is 10.0. The van der Waals surface area contributed by atoms with Crippen molar-refractivity contribution in [2.75, 3.05) is 19.6 Å². The molecule has 0 aromatic heterocycles. The highest BCUT2D eigenvalue weighted by molar-refractivity contribution is 5.81. The Morgan fingerprint density at radius 2 is 1.87 bits per heavy atom. The third kappa shape index (κ3) is 2.81. The molecule has 0 aromatic rings. The van der Waals surface area contributed by atoms with E-state index in [1.807, 2.05) is 0 Å². The maximum absolute atomic E-state index is 7.79. The lowest BCUT2D eigenvalue weighted by Gasteiger charge is -2.16. The molecule has 15 heavy (non-hydrogen) atoms. The molecule has 1 saturated carbocycles. The second-order valence-electron chi connectivity index (χ2n) is 5.31. The Labute approximate surface area is 93.6 Å². The van der Waals surface area contributed by atoms with Crippen LogP contribution in [0.2, 0.25) is 0 Å². The first-order chi connectivity index (χ1) is 7.29. The summed E-state index contributed by atoms with van der Waals surface area (Å²) in [5, 5.41) is 7.79. The van der Waals surface area contributed by atoms with Crippen molar-refractivity contribution in [3.8, 4) is 0 Å². The van der Waals surface area contributed by atoms with Gasteiger partial charge in [-0.2, -0.15) is 0 Å². The van der Waals surface area contributed by atoms with E-state index < -0.39 is 0 Å². The largest absolute Gasteiger partial charge is 0.310 e. The van der Waals surface area contributed by atoms with Crippen LogP contribution >= 0.6 is 0 Å². The van der Waals surface area contributed by atoms with Crippen LogP contribution in [0.1, 0.15) is 45.4 Å². The maximum Gasteiger partial charge on any atom is 0.0102 e. The van der Waals surface area contributed by atoms with Gasteiger partial charge in [0.05, 0.1) is 0 Å². The molecule has 2 atom stereocenters. The topological polar surface area (TPSA) is 27.1 Å². The average Bonchev–Trinajstić information content (AvgIpc) is 2.74. The highest BCUT2D eigenvalue weighted by Gasteiger charge is 2.35. The first kappa shape index (κ1) is 11.1. The lowest BCUT2D eigenvalue weighted by Crippen LogP contribution is -2.24. The minimum Gasteiger partial charge on any atom is -0.310 e. The molecular formula is C13H24N2. The van der Waals surface area contributed by atoms with E-state index in [0.717, 1.165) is 43.4 Å². The molecule has 1 aliphatic carbocycles. The van der Waals surface area contributed by atoms with Crippen LogP contribution in [0.3, 0.4) is 0 Å². The molecule has 2 aliphatic rings. The summed E-state index contributed by atoms with van der Waals surface area (Å²) in [5.41, 5.74) is 0.953. The summed E-state index contributed by atoms with van der Waals surface area (Å²) >= 11 is 0. The van der Waals surface area contributed by atoms with Crippen LogP contribution in [0.4, 0.5) is 0 Å². The van der Waals surface area contributed by atoms with Gasteiger partial charge >= 0.3 is 0 Å². The number of nitrogens with one attached hydrogen (secondary N) is 1. The Kier molecular flexibility index (Phi) is 3.79. The first-order valence-electron chi connectivity index (χ1n) is 6.58.